The molecule has 0 unspecified atom stereocenters. The molecule has 0 aromatic heterocycles. The van der Waals surface area contributed by atoms with Crippen molar-refractivity contribution in [3.8, 4) is 0 Å². The average molecular weight is 290 g/mol. The van der Waals surface area contributed by atoms with E-state index in [9.17, 15) is 24.3 Å². The van der Waals surface area contributed by atoms with E-state index in [1.807, 2.05) is 0 Å². The maximum Gasteiger partial charge on any atom is 0.303 e. The van der Waals surface area contributed by atoms with Gasteiger partial charge >= 0.3 is 17.9 Å². The van der Waals surface area contributed by atoms with E-state index >= 15 is 0 Å². The van der Waals surface area contributed by atoms with Gasteiger partial charge < -0.3 is 24.1 Å². The van der Waals surface area contributed by atoms with Gasteiger partial charge in [-0.1, -0.05) is 0 Å². The monoisotopic (exact) mass is 290 g/mol. The zero-order valence-electron chi connectivity index (χ0n) is 11.5. The topological polar surface area (TPSA) is 116 Å². The number of hydrogen-bond donors (Lipinski definition) is 1. The van der Waals surface area contributed by atoms with E-state index in [0.717, 1.165) is 20.8 Å². The molecule has 0 amide bonds. The molecule has 0 fully saturated rings. The molecule has 3 atom stereocenters. The number of aliphatic hydroxyl groups excluding tert-OH is 1. The molecule has 8 nitrogen and oxygen atoms in total. The molecule has 0 spiro atoms. The second-order valence-electron chi connectivity index (χ2n) is 3.95. The normalized spacial score (nSPS) is 14.6. The Morgan fingerprint density at radius 1 is 0.950 bits per heavy atom. The number of aldehydes is 1. The van der Waals surface area contributed by atoms with Crippen LogP contribution in [0.2, 0.25) is 0 Å². The van der Waals surface area contributed by atoms with Crippen LogP contribution >= 0.6 is 0 Å². The maximum absolute atomic E-state index is 11.1. The highest BCUT2D eigenvalue weighted by atomic mass is 16.6. The number of rotatable bonds is 8. The summed E-state index contributed by atoms with van der Waals surface area (Å²) in [5.41, 5.74) is 0. The van der Waals surface area contributed by atoms with Gasteiger partial charge in [-0.2, -0.15) is 0 Å². The molecule has 0 aromatic rings. The van der Waals surface area contributed by atoms with Gasteiger partial charge in [-0.25, -0.2) is 0 Å². The predicted molar refractivity (Wildman–Crippen MR) is 64.4 cm³/mol. The van der Waals surface area contributed by atoms with Crippen molar-refractivity contribution in [1.29, 1.82) is 0 Å². The number of aliphatic hydroxyl groups is 1. The molecule has 1 N–H and O–H groups in total. The summed E-state index contributed by atoms with van der Waals surface area (Å²) in [6, 6.07) is 0. The molecule has 0 saturated heterocycles. The molecular weight excluding hydrogens is 272 g/mol. The minimum absolute atomic E-state index is 0.269. The Kier molecular flexibility index (Phi) is 8.14. The fourth-order valence-electron chi connectivity index (χ4n) is 1.56. The van der Waals surface area contributed by atoms with Gasteiger partial charge in [-0.15, -0.1) is 0 Å². The number of carbonyl (C=O) groups excluding carboxylic acids is 4. The van der Waals surface area contributed by atoms with Crippen molar-refractivity contribution in [3.05, 3.63) is 0 Å². The maximum atomic E-state index is 11.1. The molecule has 0 aliphatic heterocycles. The van der Waals surface area contributed by atoms with Crippen LogP contribution in [0.25, 0.3) is 0 Å². The van der Waals surface area contributed by atoms with Crippen LogP contribution in [0.3, 0.4) is 0 Å². The van der Waals surface area contributed by atoms with Crippen molar-refractivity contribution in [2.75, 3.05) is 6.61 Å². The number of ether oxygens (including phenoxy) is 3. The number of hydrogen-bond acceptors (Lipinski definition) is 8. The summed E-state index contributed by atoms with van der Waals surface area (Å²) in [6.07, 6.45) is -3.46. The summed E-state index contributed by atoms with van der Waals surface area (Å²) in [6.45, 7) is 2.66. The van der Waals surface area contributed by atoms with Gasteiger partial charge in [0.25, 0.3) is 0 Å². The Morgan fingerprint density at radius 3 is 1.75 bits per heavy atom. The molecule has 8 heteroatoms. The van der Waals surface area contributed by atoms with Crippen LogP contribution in [0, 0.1) is 0 Å². The molecule has 0 aliphatic carbocycles. The number of carbonyl (C=O) groups is 4. The van der Waals surface area contributed by atoms with Gasteiger partial charge in [0.2, 0.25) is 0 Å². The lowest BCUT2D eigenvalue weighted by molar-refractivity contribution is -0.186. The first-order valence-corrected chi connectivity index (χ1v) is 5.88. The van der Waals surface area contributed by atoms with Crippen molar-refractivity contribution in [1.82, 2.24) is 0 Å². The average Bonchev–Trinajstić information content (AvgIpc) is 2.31. The highest BCUT2D eigenvalue weighted by Gasteiger charge is 2.36. The molecule has 20 heavy (non-hydrogen) atoms. The van der Waals surface area contributed by atoms with E-state index in [2.05, 4.69) is 0 Å². The Morgan fingerprint density at radius 2 is 1.40 bits per heavy atom. The molecule has 0 saturated carbocycles. The minimum Gasteiger partial charge on any atom is -0.458 e. The summed E-state index contributed by atoms with van der Waals surface area (Å²) in [5.74, 6) is -2.15. The molecule has 114 valence electrons. The van der Waals surface area contributed by atoms with E-state index in [4.69, 9.17) is 14.2 Å². The molecule has 0 aromatic carbocycles. The largest absolute Gasteiger partial charge is 0.458 e. The van der Waals surface area contributed by atoms with E-state index < -0.39 is 42.8 Å². The van der Waals surface area contributed by atoms with Gasteiger partial charge in [0.15, 0.2) is 12.2 Å². The standard InChI is InChI=1S/C12H18O8/c1-7(15)18-10(4-5-13)12(20-9(3)17)11(6-14)19-8(2)16/h5,10-12,14H,4,6H2,1-3H3/t10-,11+,12+/m0/s1. The Bertz CT molecular complexity index is 364. The molecule has 0 bridgehead atoms. The van der Waals surface area contributed by atoms with E-state index in [1.54, 1.807) is 0 Å². The summed E-state index contributed by atoms with van der Waals surface area (Å²) in [4.78, 5) is 43.7. The second-order valence-corrected chi connectivity index (χ2v) is 3.95. The Hall–Kier alpha value is -1.96. The lowest BCUT2D eigenvalue weighted by Crippen LogP contribution is -2.46. The van der Waals surface area contributed by atoms with Crippen molar-refractivity contribution < 1.29 is 38.5 Å². The zero-order chi connectivity index (χ0) is 15.7. The zero-order valence-corrected chi connectivity index (χ0v) is 11.5. The van der Waals surface area contributed by atoms with Crippen LogP contribution in [0.15, 0.2) is 0 Å². The lowest BCUT2D eigenvalue weighted by Gasteiger charge is -2.30. The fourth-order valence-corrected chi connectivity index (χ4v) is 1.56. The van der Waals surface area contributed by atoms with E-state index in [-0.39, 0.29) is 6.42 Å². The lowest BCUT2D eigenvalue weighted by atomic mass is 10.1. The SMILES string of the molecule is CC(=O)O[C@H]([C@H](CC=O)OC(C)=O)[C@@H](CO)OC(C)=O. The quantitative estimate of drug-likeness (QED) is 0.356. The smallest absolute Gasteiger partial charge is 0.303 e. The van der Waals surface area contributed by atoms with E-state index in [0.29, 0.717) is 6.29 Å². The summed E-state index contributed by atoms with van der Waals surface area (Å²) in [7, 11) is 0. The third-order valence-electron chi connectivity index (χ3n) is 2.18. The van der Waals surface area contributed by atoms with Gasteiger partial charge in [0, 0.05) is 27.2 Å². The first kappa shape index (κ1) is 18.0. The van der Waals surface area contributed by atoms with Crippen LogP contribution in [0.5, 0.6) is 0 Å². The predicted octanol–water partition coefficient (Wildman–Crippen LogP) is -0.637. The molecule has 0 aliphatic rings. The third-order valence-corrected chi connectivity index (χ3v) is 2.18. The number of esters is 3. The molecule has 0 radical (unpaired) electrons. The van der Waals surface area contributed by atoms with Crippen molar-refractivity contribution >= 4 is 24.2 Å². The van der Waals surface area contributed by atoms with Gasteiger partial charge in [0.05, 0.1) is 6.61 Å². The first-order chi connectivity index (χ1) is 9.31. The van der Waals surface area contributed by atoms with Crippen LogP contribution in [-0.4, -0.2) is 54.2 Å². The highest BCUT2D eigenvalue weighted by Crippen LogP contribution is 2.16. The second kappa shape index (κ2) is 9.03. The Labute approximate surface area is 116 Å². The van der Waals surface area contributed by atoms with Crippen molar-refractivity contribution in [2.45, 2.75) is 45.5 Å². The van der Waals surface area contributed by atoms with E-state index in [1.165, 1.54) is 0 Å². The van der Waals surface area contributed by atoms with Crippen molar-refractivity contribution in [3.63, 3.8) is 0 Å². The summed E-state index contributed by atoms with van der Waals surface area (Å²) < 4.78 is 14.6. The van der Waals surface area contributed by atoms with Crippen LogP contribution in [0.1, 0.15) is 27.2 Å². The third kappa shape index (κ3) is 6.83. The van der Waals surface area contributed by atoms with Crippen LogP contribution in [0.4, 0.5) is 0 Å². The van der Waals surface area contributed by atoms with Crippen LogP contribution in [-0.2, 0) is 33.4 Å². The van der Waals surface area contributed by atoms with Gasteiger partial charge in [-0.05, 0) is 0 Å². The molecule has 0 rings (SSSR count). The van der Waals surface area contributed by atoms with Gasteiger partial charge in [-0.3, -0.25) is 14.4 Å². The van der Waals surface area contributed by atoms with Gasteiger partial charge in [0.1, 0.15) is 12.4 Å². The first-order valence-electron chi connectivity index (χ1n) is 5.88. The summed E-state index contributed by atoms with van der Waals surface area (Å²) >= 11 is 0. The minimum atomic E-state index is -1.27. The van der Waals surface area contributed by atoms with Crippen LogP contribution < -0.4 is 0 Å². The molecule has 0 heterocycles. The summed E-state index contributed by atoms with van der Waals surface area (Å²) in [5, 5.41) is 9.21. The van der Waals surface area contributed by atoms with Crippen molar-refractivity contribution in [2.24, 2.45) is 0 Å². The molecular formula is C12H18O8. The highest BCUT2D eigenvalue weighted by molar-refractivity contribution is 5.68. The fraction of sp³-hybridized carbons (Fsp3) is 0.667. The Balaban J connectivity index is 5.21.